The lowest BCUT2D eigenvalue weighted by atomic mass is 9.96. The van der Waals surface area contributed by atoms with E-state index in [9.17, 15) is 4.79 Å². The highest BCUT2D eigenvalue weighted by atomic mass is 16.6. The van der Waals surface area contributed by atoms with E-state index in [0.717, 1.165) is 45.3 Å². The fraction of sp³-hybridized carbons (Fsp3) is 0.824. The molecule has 0 bridgehead atoms. The molecule has 22 heavy (non-hydrogen) atoms. The van der Waals surface area contributed by atoms with Crippen LogP contribution in [0.3, 0.4) is 0 Å². The number of likely N-dealkylation sites (tertiary alicyclic amines) is 1. The van der Waals surface area contributed by atoms with E-state index in [1.54, 1.807) is 0 Å². The van der Waals surface area contributed by atoms with Gasteiger partial charge in [0.15, 0.2) is 5.66 Å². The van der Waals surface area contributed by atoms with Crippen molar-refractivity contribution < 1.29 is 9.53 Å². The van der Waals surface area contributed by atoms with Crippen LogP contribution < -0.4 is 0 Å². The van der Waals surface area contributed by atoms with Crippen molar-refractivity contribution >= 4 is 5.97 Å². The molecule has 1 fully saturated rings. The van der Waals surface area contributed by atoms with Crippen LogP contribution in [0.5, 0.6) is 0 Å². The predicted octanol–water partition coefficient (Wildman–Crippen LogP) is 3.01. The summed E-state index contributed by atoms with van der Waals surface area (Å²) in [5.41, 5.74) is -0.643. The minimum atomic E-state index is -0.412. The molecule has 2 heterocycles. The van der Waals surface area contributed by atoms with E-state index in [1.807, 2.05) is 20.8 Å². The molecular weight excluding hydrogens is 278 g/mol. The molecule has 122 valence electrons. The van der Waals surface area contributed by atoms with Gasteiger partial charge in [-0.15, -0.1) is 12.3 Å². The molecule has 0 radical (unpaired) electrons. The average Bonchev–Trinajstić information content (AvgIpc) is 3.22. The summed E-state index contributed by atoms with van der Waals surface area (Å²) in [5, 5.41) is 8.34. The van der Waals surface area contributed by atoms with Gasteiger partial charge < -0.3 is 9.64 Å². The third-order valence-electron chi connectivity index (χ3n) is 4.13. The average molecular weight is 305 g/mol. The van der Waals surface area contributed by atoms with Crippen LogP contribution in [0.25, 0.3) is 0 Å². The van der Waals surface area contributed by atoms with E-state index in [0.29, 0.717) is 6.42 Å². The minimum Gasteiger partial charge on any atom is -0.460 e. The summed E-state index contributed by atoms with van der Waals surface area (Å²) in [6.45, 7) is 8.46. The number of carbonyl (C=O) groups is 1. The first-order chi connectivity index (χ1) is 10.3. The summed E-state index contributed by atoms with van der Waals surface area (Å²) in [6, 6.07) is 0. The highest BCUT2D eigenvalue weighted by molar-refractivity contribution is 5.73. The summed E-state index contributed by atoms with van der Waals surface area (Å²) in [7, 11) is 0. The molecule has 0 amide bonds. The fourth-order valence-corrected chi connectivity index (χ4v) is 2.84. The van der Waals surface area contributed by atoms with Crippen LogP contribution in [-0.2, 0) is 9.53 Å². The normalized spacial score (nSPS) is 23.8. The van der Waals surface area contributed by atoms with Gasteiger partial charge in [0.05, 0.1) is 5.92 Å². The van der Waals surface area contributed by atoms with E-state index in [1.165, 1.54) is 0 Å². The van der Waals surface area contributed by atoms with Gasteiger partial charge in [-0.05, 0) is 40.2 Å². The fourth-order valence-electron chi connectivity index (χ4n) is 2.84. The molecule has 0 N–H and O–H groups in total. The largest absolute Gasteiger partial charge is 0.460 e. The summed E-state index contributed by atoms with van der Waals surface area (Å²) in [6.07, 6.45) is 9.72. The van der Waals surface area contributed by atoms with Gasteiger partial charge in [0.2, 0.25) is 0 Å². The molecule has 1 saturated heterocycles. The highest BCUT2D eigenvalue weighted by Crippen LogP contribution is 2.37. The number of nitrogens with zero attached hydrogens (tertiary/aromatic N) is 3. The Morgan fingerprint density at radius 1 is 1.41 bits per heavy atom. The summed E-state index contributed by atoms with van der Waals surface area (Å²) in [4.78, 5) is 14.5. The second-order valence-corrected chi connectivity index (χ2v) is 7.31. The number of ether oxygens (including phenoxy) is 1. The molecule has 0 saturated carbocycles. The maximum atomic E-state index is 12.2. The number of esters is 1. The molecule has 1 unspecified atom stereocenters. The van der Waals surface area contributed by atoms with Gasteiger partial charge in [-0.2, -0.15) is 10.2 Å². The monoisotopic (exact) mass is 305 g/mol. The quantitative estimate of drug-likeness (QED) is 0.560. The number of hydrogen-bond donors (Lipinski definition) is 0. The standard InChI is InChI=1S/C17H27N3O2/c1-5-6-9-17(18-19-17)10-12-20-11-7-8-14(13-20)15(21)22-16(2,3)4/h1,14H,6-13H2,2-4H3. The Morgan fingerprint density at radius 3 is 2.73 bits per heavy atom. The number of piperidine rings is 1. The lowest BCUT2D eigenvalue weighted by molar-refractivity contribution is -0.161. The van der Waals surface area contributed by atoms with E-state index < -0.39 is 5.60 Å². The summed E-state index contributed by atoms with van der Waals surface area (Å²) in [5.74, 6) is 2.57. The van der Waals surface area contributed by atoms with Crippen molar-refractivity contribution in [2.75, 3.05) is 19.6 Å². The first-order valence-electron chi connectivity index (χ1n) is 8.16. The van der Waals surface area contributed by atoms with Crippen LogP contribution in [0.4, 0.5) is 0 Å². The van der Waals surface area contributed by atoms with Gasteiger partial charge in [-0.1, -0.05) is 0 Å². The Morgan fingerprint density at radius 2 is 2.14 bits per heavy atom. The number of terminal acetylenes is 1. The van der Waals surface area contributed by atoms with E-state index >= 15 is 0 Å². The Labute approximate surface area is 133 Å². The number of carbonyl (C=O) groups excluding carboxylic acids is 1. The molecule has 2 aliphatic heterocycles. The molecule has 0 aromatic heterocycles. The molecule has 0 spiro atoms. The van der Waals surface area contributed by atoms with Crippen molar-refractivity contribution in [3.8, 4) is 12.3 Å². The Bertz CT molecular complexity index is 467. The van der Waals surface area contributed by atoms with Crippen molar-refractivity contribution in [2.24, 2.45) is 16.1 Å². The van der Waals surface area contributed by atoms with Gasteiger partial charge in [0.1, 0.15) is 5.60 Å². The maximum absolute atomic E-state index is 12.2. The van der Waals surface area contributed by atoms with Crippen molar-refractivity contribution in [1.82, 2.24) is 4.90 Å². The Hall–Kier alpha value is -1.41. The molecule has 2 aliphatic rings. The summed E-state index contributed by atoms with van der Waals surface area (Å²) < 4.78 is 5.51. The van der Waals surface area contributed by atoms with Gasteiger partial charge >= 0.3 is 5.97 Å². The smallest absolute Gasteiger partial charge is 0.310 e. The molecule has 2 rings (SSSR count). The lowest BCUT2D eigenvalue weighted by Crippen LogP contribution is -2.42. The third kappa shape index (κ3) is 5.10. The molecule has 0 aliphatic carbocycles. The zero-order valence-electron chi connectivity index (χ0n) is 14.0. The zero-order chi connectivity index (χ0) is 16.2. The van der Waals surface area contributed by atoms with Crippen LogP contribution in [0, 0.1) is 18.3 Å². The van der Waals surface area contributed by atoms with Gasteiger partial charge in [-0.25, -0.2) is 0 Å². The van der Waals surface area contributed by atoms with Crippen molar-refractivity contribution in [2.45, 2.75) is 64.1 Å². The van der Waals surface area contributed by atoms with E-state index in [-0.39, 0.29) is 17.6 Å². The van der Waals surface area contributed by atoms with Crippen molar-refractivity contribution in [3.63, 3.8) is 0 Å². The van der Waals surface area contributed by atoms with Crippen molar-refractivity contribution in [3.05, 3.63) is 0 Å². The van der Waals surface area contributed by atoms with Gasteiger partial charge in [0, 0.05) is 32.4 Å². The van der Waals surface area contributed by atoms with Gasteiger partial charge in [0.25, 0.3) is 0 Å². The number of rotatable bonds is 6. The maximum Gasteiger partial charge on any atom is 0.310 e. The Balaban J connectivity index is 1.76. The molecule has 1 atom stereocenters. The second-order valence-electron chi connectivity index (χ2n) is 7.31. The molecule has 5 heteroatoms. The topological polar surface area (TPSA) is 54.3 Å². The van der Waals surface area contributed by atoms with E-state index in [2.05, 4.69) is 21.0 Å². The molecule has 5 nitrogen and oxygen atoms in total. The first kappa shape index (κ1) is 17.0. The van der Waals surface area contributed by atoms with Crippen LogP contribution >= 0.6 is 0 Å². The van der Waals surface area contributed by atoms with Crippen LogP contribution in [0.2, 0.25) is 0 Å². The summed E-state index contributed by atoms with van der Waals surface area (Å²) >= 11 is 0. The molecule has 0 aromatic carbocycles. The number of hydrogen-bond acceptors (Lipinski definition) is 5. The van der Waals surface area contributed by atoms with Crippen molar-refractivity contribution in [1.29, 1.82) is 0 Å². The zero-order valence-corrected chi connectivity index (χ0v) is 14.0. The van der Waals surface area contributed by atoms with Crippen LogP contribution in [0.15, 0.2) is 10.2 Å². The SMILES string of the molecule is C#CCCC1(CCN2CCCC(C(=O)OC(C)(C)C)C2)N=N1. The highest BCUT2D eigenvalue weighted by Gasteiger charge is 2.39. The third-order valence-corrected chi connectivity index (χ3v) is 4.13. The van der Waals surface area contributed by atoms with Gasteiger partial charge in [-0.3, -0.25) is 4.79 Å². The Kier molecular flexibility index (Phi) is 5.23. The van der Waals surface area contributed by atoms with Crippen LogP contribution in [0.1, 0.15) is 52.9 Å². The first-order valence-corrected chi connectivity index (χ1v) is 8.16. The second kappa shape index (κ2) is 6.78. The molecule has 0 aromatic rings. The molecular formula is C17H27N3O2. The van der Waals surface area contributed by atoms with Crippen LogP contribution in [-0.4, -0.2) is 41.8 Å². The predicted molar refractivity (Wildman–Crippen MR) is 85.3 cm³/mol. The minimum absolute atomic E-state index is 0.0114. The lowest BCUT2D eigenvalue weighted by Gasteiger charge is -2.33. The van der Waals surface area contributed by atoms with E-state index in [4.69, 9.17) is 11.2 Å².